The number of nitro groups is 1. The number of carbonyl (C=O) groups is 1. The molecule has 2 aromatic carbocycles. The van der Waals surface area contributed by atoms with Crippen LogP contribution in [0.3, 0.4) is 0 Å². The number of nitrogens with one attached hydrogen (secondary N) is 1. The molecule has 3 rings (SSSR count). The number of nitrogens with zero attached hydrogens (tertiary/aromatic N) is 4. The predicted octanol–water partition coefficient (Wildman–Crippen LogP) is 2.72. The van der Waals surface area contributed by atoms with Gasteiger partial charge >= 0.3 is 0 Å². The number of benzene rings is 2. The number of nitro benzene ring substituents is 1. The second-order valence-electron chi connectivity index (χ2n) is 6.26. The van der Waals surface area contributed by atoms with Gasteiger partial charge in [0.15, 0.2) is 0 Å². The van der Waals surface area contributed by atoms with Gasteiger partial charge < -0.3 is 14.5 Å². The number of hydrogen-bond acceptors (Lipinski definition) is 8. The van der Waals surface area contributed by atoms with Crippen molar-refractivity contribution < 1.29 is 18.9 Å². The lowest BCUT2D eigenvalue weighted by molar-refractivity contribution is -0.384. The maximum Gasteiger partial charge on any atom is 0.269 e. The fourth-order valence-corrected chi connectivity index (χ4v) is 2.59. The number of methoxy groups -OCH3 is 1. The number of non-ortho nitro benzene ring substituents is 1. The van der Waals surface area contributed by atoms with Crippen LogP contribution in [-0.4, -0.2) is 46.6 Å². The summed E-state index contributed by atoms with van der Waals surface area (Å²) in [5.74, 6) is 1.04. The Hall–Kier alpha value is -3.79. The molecule has 10 heteroatoms. The first kappa shape index (κ1) is 20.0. The second kappa shape index (κ2) is 8.93. The Bertz CT molecular complexity index is 1000. The molecular formula is C19H19N5O5. The molecule has 0 aliphatic rings. The number of ether oxygens (including phenoxy) is 1. The van der Waals surface area contributed by atoms with Crippen molar-refractivity contribution in [2.45, 2.75) is 6.54 Å². The molecule has 1 N–H and O–H groups in total. The van der Waals surface area contributed by atoms with E-state index in [1.807, 2.05) is 0 Å². The van der Waals surface area contributed by atoms with Gasteiger partial charge in [-0.1, -0.05) is 6.07 Å². The van der Waals surface area contributed by atoms with Gasteiger partial charge in [0, 0.05) is 29.4 Å². The number of likely N-dealkylation sites (N-methyl/N-ethyl adjacent to an activating group) is 1. The molecule has 0 radical (unpaired) electrons. The molecule has 1 amide bonds. The Morgan fingerprint density at radius 3 is 2.69 bits per heavy atom. The van der Waals surface area contributed by atoms with Crippen LogP contribution in [0, 0.1) is 10.1 Å². The van der Waals surface area contributed by atoms with Gasteiger partial charge in [-0.2, -0.15) is 0 Å². The molecule has 0 spiro atoms. The molecule has 0 atom stereocenters. The van der Waals surface area contributed by atoms with E-state index in [0.717, 1.165) is 0 Å². The average molecular weight is 397 g/mol. The number of hydrogen-bond donors (Lipinski definition) is 1. The van der Waals surface area contributed by atoms with Gasteiger partial charge in [-0.15, -0.1) is 10.2 Å². The van der Waals surface area contributed by atoms with E-state index in [1.54, 1.807) is 55.5 Å². The van der Waals surface area contributed by atoms with Crippen molar-refractivity contribution in [1.82, 2.24) is 15.1 Å². The van der Waals surface area contributed by atoms with Crippen molar-refractivity contribution >= 4 is 17.3 Å². The summed E-state index contributed by atoms with van der Waals surface area (Å²) in [7, 11) is 3.31. The molecule has 0 unspecified atom stereocenters. The number of aromatic nitrogens is 2. The lowest BCUT2D eigenvalue weighted by Crippen LogP contribution is -2.29. The van der Waals surface area contributed by atoms with Crippen LogP contribution in [0.5, 0.6) is 5.75 Å². The summed E-state index contributed by atoms with van der Waals surface area (Å²) in [5.41, 5.74) is 1.20. The van der Waals surface area contributed by atoms with Crippen LogP contribution >= 0.6 is 0 Å². The molecule has 0 bridgehead atoms. The van der Waals surface area contributed by atoms with Crippen molar-refractivity contribution in [2.75, 3.05) is 26.0 Å². The van der Waals surface area contributed by atoms with Crippen LogP contribution in [0.1, 0.15) is 5.89 Å². The Morgan fingerprint density at radius 1 is 1.24 bits per heavy atom. The standard InChI is InChI=1S/C19H19N5O5/c1-23(11-17(25)20-14-4-3-5-16(10-14)28-2)12-18-21-22-19(29-18)13-6-8-15(9-7-13)24(26)27/h3-10H,11-12H2,1-2H3,(H,20,25). The van der Waals surface area contributed by atoms with Crippen LogP contribution < -0.4 is 10.1 Å². The molecule has 10 nitrogen and oxygen atoms in total. The van der Waals surface area contributed by atoms with Crippen LogP contribution in [0.4, 0.5) is 11.4 Å². The van der Waals surface area contributed by atoms with E-state index >= 15 is 0 Å². The first-order valence-electron chi connectivity index (χ1n) is 8.64. The SMILES string of the molecule is COc1cccc(NC(=O)CN(C)Cc2nnc(-c3ccc([N+](=O)[O-])cc3)o2)c1. The Labute approximate surface area is 166 Å². The monoisotopic (exact) mass is 397 g/mol. The molecule has 3 aromatic rings. The number of anilines is 1. The van der Waals surface area contributed by atoms with Gasteiger partial charge in [-0.05, 0) is 31.3 Å². The second-order valence-corrected chi connectivity index (χ2v) is 6.26. The van der Waals surface area contributed by atoms with Crippen LogP contribution in [0.2, 0.25) is 0 Å². The molecule has 0 aliphatic heterocycles. The van der Waals surface area contributed by atoms with E-state index in [2.05, 4.69) is 15.5 Å². The minimum absolute atomic E-state index is 0.0183. The third kappa shape index (κ3) is 5.36. The highest BCUT2D eigenvalue weighted by molar-refractivity contribution is 5.92. The predicted molar refractivity (Wildman–Crippen MR) is 104 cm³/mol. The molecule has 0 saturated carbocycles. The molecule has 1 aromatic heterocycles. The average Bonchev–Trinajstić information content (AvgIpc) is 3.16. The summed E-state index contributed by atoms with van der Waals surface area (Å²) in [4.78, 5) is 24.2. The smallest absolute Gasteiger partial charge is 0.269 e. The molecule has 150 valence electrons. The van der Waals surface area contributed by atoms with Gasteiger partial charge in [0.2, 0.25) is 17.7 Å². The number of amides is 1. The van der Waals surface area contributed by atoms with Crippen molar-refractivity contribution in [3.63, 3.8) is 0 Å². The van der Waals surface area contributed by atoms with Gasteiger partial charge in [-0.3, -0.25) is 19.8 Å². The van der Waals surface area contributed by atoms with Crippen molar-refractivity contribution in [2.24, 2.45) is 0 Å². The summed E-state index contributed by atoms with van der Waals surface area (Å²) in [6.07, 6.45) is 0. The minimum Gasteiger partial charge on any atom is -0.497 e. The topological polar surface area (TPSA) is 124 Å². The van der Waals surface area contributed by atoms with Gasteiger partial charge in [0.1, 0.15) is 5.75 Å². The molecule has 1 heterocycles. The maximum absolute atomic E-state index is 12.2. The third-order valence-corrected chi connectivity index (χ3v) is 3.96. The van der Waals surface area contributed by atoms with Crippen molar-refractivity contribution in [1.29, 1.82) is 0 Å². The maximum atomic E-state index is 12.2. The van der Waals surface area contributed by atoms with Crippen molar-refractivity contribution in [3.8, 4) is 17.2 Å². The highest BCUT2D eigenvalue weighted by Crippen LogP contribution is 2.21. The normalized spacial score (nSPS) is 10.7. The summed E-state index contributed by atoms with van der Waals surface area (Å²) in [5, 5.41) is 21.4. The molecule has 29 heavy (non-hydrogen) atoms. The summed E-state index contributed by atoms with van der Waals surface area (Å²) >= 11 is 0. The zero-order chi connectivity index (χ0) is 20.8. The zero-order valence-corrected chi connectivity index (χ0v) is 15.9. The number of rotatable bonds is 8. The first-order valence-corrected chi connectivity index (χ1v) is 8.64. The van der Waals surface area contributed by atoms with Crippen LogP contribution in [-0.2, 0) is 11.3 Å². The molecule has 0 aliphatic carbocycles. The van der Waals surface area contributed by atoms with E-state index in [0.29, 0.717) is 22.9 Å². The Balaban J connectivity index is 1.56. The van der Waals surface area contributed by atoms with Crippen LogP contribution in [0.15, 0.2) is 52.9 Å². The molecule has 0 saturated heterocycles. The van der Waals surface area contributed by atoms with E-state index in [9.17, 15) is 14.9 Å². The summed E-state index contributed by atoms with van der Waals surface area (Å²) in [6.45, 7) is 0.387. The van der Waals surface area contributed by atoms with Crippen LogP contribution in [0.25, 0.3) is 11.5 Å². The third-order valence-electron chi connectivity index (χ3n) is 3.96. The van der Waals surface area contributed by atoms with Gasteiger partial charge in [0.05, 0.1) is 25.1 Å². The largest absolute Gasteiger partial charge is 0.497 e. The fourth-order valence-electron chi connectivity index (χ4n) is 2.59. The summed E-state index contributed by atoms with van der Waals surface area (Å²) < 4.78 is 10.7. The highest BCUT2D eigenvalue weighted by Gasteiger charge is 2.14. The van der Waals surface area contributed by atoms with Crippen molar-refractivity contribution in [3.05, 3.63) is 64.5 Å². The van der Waals surface area contributed by atoms with Gasteiger partial charge in [0.25, 0.3) is 5.69 Å². The zero-order valence-electron chi connectivity index (χ0n) is 15.9. The van der Waals surface area contributed by atoms with E-state index in [1.165, 1.54) is 12.1 Å². The Morgan fingerprint density at radius 2 is 2.00 bits per heavy atom. The minimum atomic E-state index is -0.478. The number of carbonyl (C=O) groups excluding carboxylic acids is 1. The fraction of sp³-hybridized carbons (Fsp3) is 0.211. The Kier molecular flexibility index (Phi) is 6.15. The van der Waals surface area contributed by atoms with E-state index in [4.69, 9.17) is 9.15 Å². The quantitative estimate of drug-likeness (QED) is 0.454. The lowest BCUT2D eigenvalue weighted by atomic mass is 10.2. The van der Waals surface area contributed by atoms with Gasteiger partial charge in [-0.25, -0.2) is 0 Å². The lowest BCUT2D eigenvalue weighted by Gasteiger charge is -2.14. The van der Waals surface area contributed by atoms with E-state index < -0.39 is 4.92 Å². The molecule has 0 fully saturated rings. The summed E-state index contributed by atoms with van der Waals surface area (Å²) in [6, 6.07) is 12.9. The highest BCUT2D eigenvalue weighted by atomic mass is 16.6. The molecular weight excluding hydrogens is 378 g/mol. The first-order chi connectivity index (χ1) is 13.9. The van der Waals surface area contributed by atoms with E-state index in [-0.39, 0.29) is 30.6 Å².